The first-order valence-corrected chi connectivity index (χ1v) is 12.0. The van der Waals surface area contributed by atoms with Crippen LogP contribution < -0.4 is 0 Å². The van der Waals surface area contributed by atoms with E-state index < -0.39 is 16.4 Å². The van der Waals surface area contributed by atoms with Crippen molar-refractivity contribution in [2.75, 3.05) is 6.61 Å². The zero-order chi connectivity index (χ0) is 21.0. The molecule has 0 aromatic heterocycles. The average molecular weight is 411 g/mol. The summed E-state index contributed by atoms with van der Waals surface area (Å²) < 4.78 is 33.0. The summed E-state index contributed by atoms with van der Waals surface area (Å²) in [7, 11) is -4.23. The quantitative estimate of drug-likeness (QED) is 0.225. The van der Waals surface area contributed by atoms with Crippen molar-refractivity contribution in [2.45, 2.75) is 111 Å². The van der Waals surface area contributed by atoms with Crippen LogP contribution in [0.2, 0.25) is 0 Å². The first kappa shape index (κ1) is 28.5. The Balaban J connectivity index is 0. The highest BCUT2D eigenvalue weighted by Crippen LogP contribution is 2.12. The van der Waals surface area contributed by atoms with Gasteiger partial charge in [0.1, 0.15) is 0 Å². The molecule has 1 atom stereocenters. The van der Waals surface area contributed by atoms with Crippen molar-refractivity contribution in [2.24, 2.45) is 5.92 Å². The fourth-order valence-electron chi connectivity index (χ4n) is 2.71. The summed E-state index contributed by atoms with van der Waals surface area (Å²) >= 11 is 0. The first-order chi connectivity index (χ1) is 12.8. The summed E-state index contributed by atoms with van der Waals surface area (Å²) in [5.41, 5.74) is 0. The van der Waals surface area contributed by atoms with Crippen LogP contribution in [0.1, 0.15) is 111 Å². The topological polar surface area (TPSA) is 101 Å². The summed E-state index contributed by atoms with van der Waals surface area (Å²) in [5.74, 6) is -0.754. The number of carboxylic acid groups (broad SMARTS) is 1. The zero-order valence-corrected chi connectivity index (χ0v) is 18.4. The van der Waals surface area contributed by atoms with E-state index in [0.717, 1.165) is 38.5 Å². The van der Waals surface area contributed by atoms with E-state index in [2.05, 4.69) is 18.0 Å². The molecule has 6 nitrogen and oxygen atoms in total. The van der Waals surface area contributed by atoms with Crippen LogP contribution in [0, 0.1) is 5.92 Å². The summed E-state index contributed by atoms with van der Waals surface area (Å²) in [6, 6.07) is 0. The molecule has 0 amide bonds. The van der Waals surface area contributed by atoms with E-state index in [1.165, 1.54) is 44.9 Å². The van der Waals surface area contributed by atoms with Gasteiger partial charge in [0.2, 0.25) is 0 Å². The van der Waals surface area contributed by atoms with Gasteiger partial charge in [-0.05, 0) is 19.3 Å². The van der Waals surface area contributed by atoms with Gasteiger partial charge in [-0.1, -0.05) is 91.4 Å². The van der Waals surface area contributed by atoms with E-state index in [-0.39, 0.29) is 12.5 Å². The molecule has 164 valence electrons. The van der Waals surface area contributed by atoms with Gasteiger partial charge >= 0.3 is 16.4 Å². The van der Waals surface area contributed by atoms with Crippen molar-refractivity contribution in [3.05, 3.63) is 0 Å². The van der Waals surface area contributed by atoms with Crippen molar-refractivity contribution < 1.29 is 27.1 Å². The smallest absolute Gasteiger partial charge is 0.397 e. The molecule has 0 bridgehead atoms. The molecule has 0 radical (unpaired) electrons. The normalized spacial score (nSPS) is 12.3. The van der Waals surface area contributed by atoms with Crippen molar-refractivity contribution in [3.8, 4) is 0 Å². The molecule has 0 aromatic carbocycles. The summed E-state index contributed by atoms with van der Waals surface area (Å²) in [4.78, 5) is 10.4. The third kappa shape index (κ3) is 25.3. The maximum absolute atomic E-state index is 10.4. The van der Waals surface area contributed by atoms with Crippen LogP contribution in [-0.4, -0.2) is 30.7 Å². The van der Waals surface area contributed by atoms with Gasteiger partial charge in [-0.15, -0.1) is 0 Å². The molecular weight excluding hydrogens is 368 g/mol. The van der Waals surface area contributed by atoms with Crippen molar-refractivity contribution in [3.63, 3.8) is 0 Å². The minimum absolute atomic E-state index is 0.0926. The Kier molecular flexibility index (Phi) is 21.2. The van der Waals surface area contributed by atoms with Gasteiger partial charge in [0.05, 0.1) is 12.5 Å². The molecule has 1 unspecified atom stereocenters. The van der Waals surface area contributed by atoms with E-state index in [0.29, 0.717) is 6.42 Å². The van der Waals surface area contributed by atoms with Crippen LogP contribution in [0.15, 0.2) is 0 Å². The largest absolute Gasteiger partial charge is 0.481 e. The molecule has 0 aliphatic rings. The molecule has 0 saturated heterocycles. The predicted octanol–water partition coefficient (Wildman–Crippen LogP) is 6.01. The molecule has 2 N–H and O–H groups in total. The molecule has 0 rings (SSSR count). The molecule has 0 aliphatic carbocycles. The Morgan fingerprint density at radius 3 is 1.63 bits per heavy atom. The van der Waals surface area contributed by atoms with E-state index >= 15 is 0 Å². The lowest BCUT2D eigenvalue weighted by Gasteiger charge is -2.06. The van der Waals surface area contributed by atoms with Gasteiger partial charge < -0.3 is 5.11 Å². The Morgan fingerprint density at radius 2 is 1.26 bits per heavy atom. The second-order valence-corrected chi connectivity index (χ2v) is 8.11. The lowest BCUT2D eigenvalue weighted by atomic mass is 10.00. The highest BCUT2D eigenvalue weighted by Gasteiger charge is 2.12. The predicted molar refractivity (Wildman–Crippen MR) is 110 cm³/mol. The van der Waals surface area contributed by atoms with Crippen LogP contribution in [0.4, 0.5) is 0 Å². The van der Waals surface area contributed by atoms with Crippen molar-refractivity contribution >= 4 is 16.4 Å². The van der Waals surface area contributed by atoms with Gasteiger partial charge in [-0.3, -0.25) is 9.35 Å². The Hall–Kier alpha value is -0.660. The molecular formula is C20H42O6S. The number of aliphatic carboxylic acids is 1. The number of hydrogen-bond donors (Lipinski definition) is 2. The second kappa shape index (κ2) is 20.1. The van der Waals surface area contributed by atoms with Gasteiger partial charge in [0, 0.05) is 0 Å². The van der Waals surface area contributed by atoms with Crippen molar-refractivity contribution in [1.82, 2.24) is 0 Å². The SMILES string of the molecule is CCCCC(CC)C(=O)O.CCCCCCCCCCCCOS(=O)(=O)O. The fourth-order valence-corrected chi connectivity index (χ4v) is 3.03. The Bertz CT molecular complexity index is 422. The molecule has 0 heterocycles. The number of carbonyl (C=O) groups is 1. The number of rotatable bonds is 17. The van der Waals surface area contributed by atoms with Crippen LogP contribution in [0.3, 0.4) is 0 Å². The molecule has 0 fully saturated rings. The number of hydrogen-bond acceptors (Lipinski definition) is 4. The lowest BCUT2D eigenvalue weighted by Crippen LogP contribution is -2.11. The zero-order valence-electron chi connectivity index (χ0n) is 17.6. The van der Waals surface area contributed by atoms with Crippen LogP contribution >= 0.6 is 0 Å². The molecule has 0 saturated carbocycles. The van der Waals surface area contributed by atoms with Crippen LogP contribution in [-0.2, 0) is 19.4 Å². The lowest BCUT2D eigenvalue weighted by molar-refractivity contribution is -0.142. The summed E-state index contributed by atoms with van der Waals surface area (Å²) in [6.07, 6.45) is 15.6. The maximum atomic E-state index is 10.4. The van der Waals surface area contributed by atoms with Gasteiger partial charge in [-0.25, -0.2) is 4.18 Å². The monoisotopic (exact) mass is 410 g/mol. The molecule has 0 aliphatic heterocycles. The van der Waals surface area contributed by atoms with E-state index in [1.54, 1.807) is 0 Å². The number of carboxylic acids is 1. The van der Waals surface area contributed by atoms with Crippen LogP contribution in [0.5, 0.6) is 0 Å². The molecule has 0 aromatic rings. The third-order valence-corrected chi connectivity index (χ3v) is 4.94. The molecule has 0 spiro atoms. The van der Waals surface area contributed by atoms with Gasteiger partial charge in [-0.2, -0.15) is 8.42 Å². The second-order valence-electron chi connectivity index (χ2n) is 7.02. The Morgan fingerprint density at radius 1 is 0.815 bits per heavy atom. The fraction of sp³-hybridized carbons (Fsp3) is 0.950. The average Bonchev–Trinajstić information content (AvgIpc) is 2.60. The first-order valence-electron chi connectivity index (χ1n) is 10.6. The number of unbranched alkanes of at least 4 members (excludes halogenated alkanes) is 10. The van der Waals surface area contributed by atoms with Gasteiger partial charge in [0.15, 0.2) is 0 Å². The molecule has 7 heteroatoms. The Labute approximate surface area is 167 Å². The minimum atomic E-state index is -4.23. The highest BCUT2D eigenvalue weighted by molar-refractivity contribution is 7.80. The van der Waals surface area contributed by atoms with Crippen LogP contribution in [0.25, 0.3) is 0 Å². The summed E-state index contributed by atoms with van der Waals surface area (Å²) in [6.45, 7) is 6.31. The third-order valence-electron chi connectivity index (χ3n) is 4.48. The minimum Gasteiger partial charge on any atom is -0.481 e. The van der Waals surface area contributed by atoms with E-state index in [4.69, 9.17) is 9.66 Å². The van der Waals surface area contributed by atoms with Gasteiger partial charge in [0.25, 0.3) is 0 Å². The highest BCUT2D eigenvalue weighted by atomic mass is 32.3. The van der Waals surface area contributed by atoms with Crippen molar-refractivity contribution in [1.29, 1.82) is 0 Å². The van der Waals surface area contributed by atoms with E-state index in [9.17, 15) is 13.2 Å². The summed E-state index contributed by atoms with van der Waals surface area (Å²) in [5, 5.41) is 8.60. The standard InChI is InChI=1S/C12H26O4S.C8H16O2/c1-2-3-4-5-6-7-8-9-10-11-12-16-17(13,14)15;1-3-5-6-7(4-2)8(9)10/h2-12H2,1H3,(H,13,14,15);7H,3-6H2,1-2H3,(H,9,10). The molecule has 27 heavy (non-hydrogen) atoms. The maximum Gasteiger partial charge on any atom is 0.397 e. The van der Waals surface area contributed by atoms with E-state index in [1.807, 2.05) is 6.92 Å².